The van der Waals surface area contributed by atoms with Gasteiger partial charge in [-0.25, -0.2) is 0 Å². The molecule has 0 rings (SSSR count). The molecule has 0 radical (unpaired) electrons. The van der Waals surface area contributed by atoms with Crippen LogP contribution in [0.15, 0.2) is 48.1 Å². The summed E-state index contributed by atoms with van der Waals surface area (Å²) in [6, 6.07) is 0. The van der Waals surface area contributed by atoms with E-state index < -0.39 is 0 Å². The summed E-state index contributed by atoms with van der Waals surface area (Å²) in [7, 11) is 0. The van der Waals surface area contributed by atoms with Crippen LogP contribution < -0.4 is 0 Å². The topological polar surface area (TPSA) is 0 Å². The van der Waals surface area contributed by atoms with Crippen molar-refractivity contribution < 1.29 is 0 Å². The van der Waals surface area contributed by atoms with E-state index in [1.165, 1.54) is 5.57 Å². The second kappa shape index (κ2) is 6.66. The summed E-state index contributed by atoms with van der Waals surface area (Å²) in [6.07, 6.45) is 5.85. The van der Waals surface area contributed by atoms with E-state index in [1.807, 2.05) is 13.0 Å². The van der Waals surface area contributed by atoms with Crippen LogP contribution in [0.3, 0.4) is 0 Å². The maximum Gasteiger partial charge on any atom is -0.0234 e. The molecular formula is C12H20. The first-order valence-corrected chi connectivity index (χ1v) is 3.71. The molecular weight excluding hydrogens is 144 g/mol. The van der Waals surface area contributed by atoms with Gasteiger partial charge in [0, 0.05) is 0 Å². The molecule has 0 nitrogen and oxygen atoms in total. The van der Waals surface area contributed by atoms with E-state index >= 15 is 0 Å². The van der Waals surface area contributed by atoms with Gasteiger partial charge >= 0.3 is 0 Å². The van der Waals surface area contributed by atoms with Gasteiger partial charge in [-0.3, -0.25) is 0 Å². The average molecular weight is 164 g/mol. The maximum atomic E-state index is 3.87. The van der Waals surface area contributed by atoms with Crippen LogP contribution in [-0.4, -0.2) is 0 Å². The predicted octanol–water partition coefficient (Wildman–Crippen LogP) is 4.28. The molecule has 0 heteroatoms. The van der Waals surface area contributed by atoms with Crippen LogP contribution in [0.5, 0.6) is 0 Å². The lowest BCUT2D eigenvalue weighted by Gasteiger charge is -1.99. The Morgan fingerprint density at radius 2 is 1.67 bits per heavy atom. The fourth-order valence-corrected chi connectivity index (χ4v) is 0.752. The Morgan fingerprint density at radius 1 is 1.17 bits per heavy atom. The minimum absolute atomic E-state index is 0. The van der Waals surface area contributed by atoms with Crippen LogP contribution >= 0.6 is 0 Å². The van der Waals surface area contributed by atoms with Crippen molar-refractivity contribution in [2.24, 2.45) is 0 Å². The summed E-state index contributed by atoms with van der Waals surface area (Å²) in [5.41, 5.74) is 3.51. The molecule has 0 spiro atoms. The first kappa shape index (κ1) is 13.5. The van der Waals surface area contributed by atoms with Gasteiger partial charge in [-0.2, -0.15) is 0 Å². The molecule has 0 aliphatic rings. The average Bonchev–Trinajstić information content (AvgIpc) is 1.86. The van der Waals surface area contributed by atoms with E-state index in [9.17, 15) is 0 Å². The molecule has 0 aromatic heterocycles. The maximum absolute atomic E-state index is 3.87. The molecule has 12 heavy (non-hydrogen) atoms. The van der Waals surface area contributed by atoms with E-state index in [1.54, 1.807) is 6.08 Å². The van der Waals surface area contributed by atoms with Gasteiger partial charge in [0.1, 0.15) is 0 Å². The second-order valence-electron chi connectivity index (χ2n) is 2.86. The normalized spacial score (nSPS) is 9.75. The van der Waals surface area contributed by atoms with E-state index in [2.05, 4.69) is 33.1 Å². The highest BCUT2D eigenvalue weighted by Crippen LogP contribution is 2.10. The standard InChI is InChI=1S/C11H16.CH4/c1-6-7-11(10(4)5)8-9(2)3;/h6-8H,1,4H2,2-3,5H3;1H4/b11-7+;. The monoisotopic (exact) mass is 164 g/mol. The number of allylic oxidation sites excluding steroid dienone is 6. The third-order valence-corrected chi connectivity index (χ3v) is 1.23. The Morgan fingerprint density at radius 3 is 1.92 bits per heavy atom. The summed E-state index contributed by atoms with van der Waals surface area (Å²) in [5.74, 6) is 0. The minimum atomic E-state index is 0. The van der Waals surface area contributed by atoms with Gasteiger partial charge < -0.3 is 0 Å². The molecule has 0 atom stereocenters. The Labute approximate surface area is 77.0 Å². The second-order valence-corrected chi connectivity index (χ2v) is 2.86. The highest BCUT2D eigenvalue weighted by atomic mass is 14.0. The lowest BCUT2D eigenvalue weighted by atomic mass is 10.1. The Balaban J connectivity index is 0. The zero-order chi connectivity index (χ0) is 8.85. The molecule has 0 aromatic rings. The third kappa shape index (κ3) is 5.72. The van der Waals surface area contributed by atoms with Gasteiger partial charge in [-0.15, -0.1) is 0 Å². The molecule has 0 bridgehead atoms. The summed E-state index contributed by atoms with van der Waals surface area (Å²) in [4.78, 5) is 0. The van der Waals surface area contributed by atoms with Crippen molar-refractivity contribution in [2.75, 3.05) is 0 Å². The molecule has 68 valence electrons. The van der Waals surface area contributed by atoms with Crippen LogP contribution in [0, 0.1) is 0 Å². The lowest BCUT2D eigenvalue weighted by Crippen LogP contribution is -1.79. The number of rotatable bonds is 3. The zero-order valence-corrected chi connectivity index (χ0v) is 7.65. The Kier molecular flexibility index (Phi) is 7.51. The van der Waals surface area contributed by atoms with Crippen molar-refractivity contribution in [3.63, 3.8) is 0 Å². The van der Waals surface area contributed by atoms with Crippen molar-refractivity contribution in [1.29, 1.82) is 0 Å². The largest absolute Gasteiger partial charge is 0.0990 e. The van der Waals surface area contributed by atoms with E-state index in [0.29, 0.717) is 0 Å². The van der Waals surface area contributed by atoms with Crippen LogP contribution in [0.2, 0.25) is 0 Å². The summed E-state index contributed by atoms with van der Waals surface area (Å²) < 4.78 is 0. The van der Waals surface area contributed by atoms with Gasteiger partial charge in [0.15, 0.2) is 0 Å². The first-order valence-electron chi connectivity index (χ1n) is 3.71. The minimum Gasteiger partial charge on any atom is -0.0990 e. The molecule has 0 fully saturated rings. The lowest BCUT2D eigenvalue weighted by molar-refractivity contribution is 1.34. The third-order valence-electron chi connectivity index (χ3n) is 1.23. The van der Waals surface area contributed by atoms with Crippen molar-refractivity contribution in [3.8, 4) is 0 Å². The highest BCUT2D eigenvalue weighted by molar-refractivity contribution is 5.39. The van der Waals surface area contributed by atoms with E-state index in [0.717, 1.165) is 11.1 Å². The van der Waals surface area contributed by atoms with Gasteiger partial charge in [0.05, 0.1) is 0 Å². The van der Waals surface area contributed by atoms with Crippen molar-refractivity contribution in [3.05, 3.63) is 48.1 Å². The number of hydrogen-bond acceptors (Lipinski definition) is 0. The Hall–Kier alpha value is -1.04. The zero-order valence-electron chi connectivity index (χ0n) is 7.65. The van der Waals surface area contributed by atoms with Crippen molar-refractivity contribution >= 4 is 0 Å². The molecule has 0 aliphatic carbocycles. The molecule has 0 N–H and O–H groups in total. The summed E-state index contributed by atoms with van der Waals surface area (Å²) >= 11 is 0. The molecule has 0 saturated heterocycles. The highest BCUT2D eigenvalue weighted by Gasteiger charge is 1.90. The van der Waals surface area contributed by atoms with E-state index in [4.69, 9.17) is 0 Å². The molecule has 0 heterocycles. The van der Waals surface area contributed by atoms with Gasteiger partial charge in [0.2, 0.25) is 0 Å². The molecule has 0 aliphatic heterocycles. The quantitative estimate of drug-likeness (QED) is 0.546. The van der Waals surface area contributed by atoms with Crippen LogP contribution in [-0.2, 0) is 0 Å². The smallest absolute Gasteiger partial charge is 0.0234 e. The fourth-order valence-electron chi connectivity index (χ4n) is 0.752. The van der Waals surface area contributed by atoms with Gasteiger partial charge in [-0.1, -0.05) is 50.0 Å². The molecule has 0 amide bonds. The fraction of sp³-hybridized carbons (Fsp3) is 0.333. The van der Waals surface area contributed by atoms with Gasteiger partial charge in [-0.05, 0) is 26.3 Å². The predicted molar refractivity (Wildman–Crippen MR) is 59.3 cm³/mol. The number of hydrogen-bond donors (Lipinski definition) is 0. The van der Waals surface area contributed by atoms with E-state index in [-0.39, 0.29) is 7.43 Å². The van der Waals surface area contributed by atoms with Crippen molar-refractivity contribution in [1.82, 2.24) is 0 Å². The Bertz CT molecular complexity index is 210. The molecule has 0 unspecified atom stereocenters. The van der Waals surface area contributed by atoms with Crippen LogP contribution in [0.25, 0.3) is 0 Å². The van der Waals surface area contributed by atoms with Crippen LogP contribution in [0.4, 0.5) is 0 Å². The van der Waals surface area contributed by atoms with Crippen molar-refractivity contribution in [2.45, 2.75) is 28.2 Å². The molecule has 0 saturated carbocycles. The summed E-state index contributed by atoms with van der Waals surface area (Å²) in [6.45, 7) is 13.6. The van der Waals surface area contributed by atoms with Crippen LogP contribution in [0.1, 0.15) is 28.2 Å². The molecule has 0 aromatic carbocycles. The first-order chi connectivity index (χ1) is 5.07. The summed E-state index contributed by atoms with van der Waals surface area (Å²) in [5, 5.41) is 0. The van der Waals surface area contributed by atoms with Gasteiger partial charge in [0.25, 0.3) is 0 Å². The SMILES string of the molecule is C.C=C/C=C(\C=C(C)C)C(=C)C.